The largest absolute Gasteiger partial charge is 0.357 e. The molecule has 0 aliphatic rings. The molecule has 0 bridgehead atoms. The summed E-state index contributed by atoms with van der Waals surface area (Å²) in [6.45, 7) is 11.0. The molecule has 1 atom stereocenters. The number of nitrogens with one attached hydrogen (secondary N) is 1. The van der Waals surface area contributed by atoms with Gasteiger partial charge in [-0.1, -0.05) is 81.8 Å². The zero-order valence-corrected chi connectivity index (χ0v) is 19.3. The van der Waals surface area contributed by atoms with Crippen molar-refractivity contribution < 1.29 is 9.59 Å². The highest BCUT2D eigenvalue weighted by atomic mass is 16.2. The van der Waals surface area contributed by atoms with Crippen LogP contribution in [0.3, 0.4) is 0 Å². The Bertz CT molecular complexity index is 833. The maximum absolute atomic E-state index is 13.2. The third-order valence-electron chi connectivity index (χ3n) is 5.55. The molecule has 0 saturated heterocycles. The lowest BCUT2D eigenvalue weighted by molar-refractivity contribution is -0.141. The van der Waals surface area contributed by atoms with E-state index in [0.29, 0.717) is 25.8 Å². The number of likely N-dealkylation sites (N-methyl/N-ethyl adjacent to an activating group) is 1. The van der Waals surface area contributed by atoms with Gasteiger partial charge in [0.05, 0.1) is 0 Å². The minimum atomic E-state index is -0.466. The number of carbonyl (C=O) groups is 2. The van der Waals surface area contributed by atoms with Gasteiger partial charge in [-0.05, 0) is 41.9 Å². The van der Waals surface area contributed by atoms with Crippen molar-refractivity contribution >= 4 is 11.8 Å². The van der Waals surface area contributed by atoms with Crippen molar-refractivity contribution in [3.05, 3.63) is 70.8 Å². The minimum absolute atomic E-state index is 0.00548. The third-order valence-corrected chi connectivity index (χ3v) is 5.55. The lowest BCUT2D eigenvalue weighted by Gasteiger charge is -2.30. The molecular formula is C26H36N2O2. The fourth-order valence-corrected chi connectivity index (χ4v) is 3.54. The number of benzene rings is 2. The van der Waals surface area contributed by atoms with E-state index in [0.717, 1.165) is 11.1 Å². The minimum Gasteiger partial charge on any atom is -0.357 e. The summed E-state index contributed by atoms with van der Waals surface area (Å²) in [6, 6.07) is 16.2. The first kappa shape index (κ1) is 23.7. The van der Waals surface area contributed by atoms with E-state index in [1.807, 2.05) is 38.1 Å². The van der Waals surface area contributed by atoms with Gasteiger partial charge in [-0.2, -0.15) is 0 Å². The van der Waals surface area contributed by atoms with Crippen molar-refractivity contribution in [3.8, 4) is 0 Å². The topological polar surface area (TPSA) is 49.4 Å². The number of nitrogens with zero attached hydrogens (tertiary/aromatic N) is 1. The summed E-state index contributed by atoms with van der Waals surface area (Å²) in [5.74, 6) is -0.113. The van der Waals surface area contributed by atoms with Gasteiger partial charge in [0.2, 0.25) is 11.8 Å². The van der Waals surface area contributed by atoms with E-state index in [9.17, 15) is 9.59 Å². The molecule has 0 heterocycles. The molecule has 1 N–H and O–H groups in total. The van der Waals surface area contributed by atoms with Crippen LogP contribution in [0.25, 0.3) is 0 Å². The molecule has 30 heavy (non-hydrogen) atoms. The number of aryl methyl sites for hydroxylation is 2. The highest BCUT2D eigenvalue weighted by molar-refractivity contribution is 5.87. The number of hydrogen-bond donors (Lipinski definition) is 1. The predicted octanol–water partition coefficient (Wildman–Crippen LogP) is 4.78. The van der Waals surface area contributed by atoms with Crippen molar-refractivity contribution in [2.45, 2.75) is 71.9 Å². The first-order valence-corrected chi connectivity index (χ1v) is 10.8. The molecule has 0 aromatic heterocycles. The molecule has 0 unspecified atom stereocenters. The fraction of sp³-hybridized carbons (Fsp3) is 0.462. The fourth-order valence-electron chi connectivity index (χ4n) is 3.54. The quantitative estimate of drug-likeness (QED) is 0.683. The molecule has 4 nitrogen and oxygen atoms in total. The highest BCUT2D eigenvalue weighted by Crippen LogP contribution is 2.23. The molecule has 2 aromatic carbocycles. The maximum atomic E-state index is 13.2. The van der Waals surface area contributed by atoms with E-state index in [1.54, 1.807) is 11.9 Å². The number of carbonyl (C=O) groups excluding carboxylic acids is 2. The number of hydrogen-bond acceptors (Lipinski definition) is 2. The van der Waals surface area contributed by atoms with Crippen LogP contribution < -0.4 is 5.32 Å². The summed E-state index contributed by atoms with van der Waals surface area (Å²) in [5.41, 5.74) is 4.74. The Morgan fingerprint density at radius 1 is 0.967 bits per heavy atom. The van der Waals surface area contributed by atoms with Gasteiger partial charge in [-0.15, -0.1) is 0 Å². The van der Waals surface area contributed by atoms with Gasteiger partial charge in [0.15, 0.2) is 0 Å². The molecule has 2 aromatic rings. The van der Waals surface area contributed by atoms with Crippen LogP contribution in [0.1, 0.15) is 62.8 Å². The Hall–Kier alpha value is -2.62. The van der Waals surface area contributed by atoms with Gasteiger partial charge in [-0.3, -0.25) is 9.59 Å². The van der Waals surface area contributed by atoms with E-state index in [2.05, 4.69) is 50.4 Å². The molecule has 0 radical (unpaired) electrons. The smallest absolute Gasteiger partial charge is 0.242 e. The molecule has 0 aliphatic heterocycles. The normalized spacial score (nSPS) is 12.3. The van der Waals surface area contributed by atoms with Crippen molar-refractivity contribution in [1.29, 1.82) is 0 Å². The van der Waals surface area contributed by atoms with Crippen LogP contribution in [0.5, 0.6) is 0 Å². The number of amides is 2. The summed E-state index contributed by atoms with van der Waals surface area (Å²) >= 11 is 0. The molecule has 0 spiro atoms. The first-order chi connectivity index (χ1) is 14.2. The van der Waals surface area contributed by atoms with Crippen molar-refractivity contribution in [1.82, 2.24) is 10.2 Å². The Morgan fingerprint density at radius 3 is 2.03 bits per heavy atom. The summed E-state index contributed by atoms with van der Waals surface area (Å²) in [5, 5.41) is 2.71. The Kier molecular flexibility index (Phi) is 8.22. The second-order valence-corrected chi connectivity index (χ2v) is 8.99. The summed E-state index contributed by atoms with van der Waals surface area (Å²) in [7, 11) is 1.62. The maximum Gasteiger partial charge on any atom is 0.242 e. The van der Waals surface area contributed by atoms with Crippen molar-refractivity contribution in [3.63, 3.8) is 0 Å². The second-order valence-electron chi connectivity index (χ2n) is 8.99. The van der Waals surface area contributed by atoms with Gasteiger partial charge in [0.25, 0.3) is 0 Å². The predicted molar refractivity (Wildman–Crippen MR) is 123 cm³/mol. The standard InChI is InChI=1S/C26H36N2O2/c1-7-23(25(30)27-6)28(18-21-10-8-19(2)9-11-21)24(29)17-14-20-12-15-22(16-13-20)26(3,4)5/h8-13,15-16,23H,7,14,17-18H2,1-6H3,(H,27,30)/t23-/m1/s1. The van der Waals surface area contributed by atoms with E-state index in [4.69, 9.17) is 0 Å². The van der Waals surface area contributed by atoms with E-state index in [-0.39, 0.29) is 17.2 Å². The lowest BCUT2D eigenvalue weighted by Crippen LogP contribution is -2.48. The van der Waals surface area contributed by atoms with Crippen LogP contribution in [0.4, 0.5) is 0 Å². The average molecular weight is 409 g/mol. The summed E-state index contributed by atoms with van der Waals surface area (Å²) < 4.78 is 0. The van der Waals surface area contributed by atoms with Crippen LogP contribution in [0.15, 0.2) is 48.5 Å². The second kappa shape index (κ2) is 10.4. The van der Waals surface area contributed by atoms with Crippen molar-refractivity contribution in [2.75, 3.05) is 7.05 Å². The first-order valence-electron chi connectivity index (χ1n) is 10.8. The Labute approximate surface area is 181 Å². The van der Waals surface area contributed by atoms with Crippen LogP contribution >= 0.6 is 0 Å². The van der Waals surface area contributed by atoms with Crippen LogP contribution in [-0.4, -0.2) is 29.8 Å². The highest BCUT2D eigenvalue weighted by Gasteiger charge is 2.27. The molecule has 2 amide bonds. The molecule has 162 valence electrons. The monoisotopic (exact) mass is 408 g/mol. The molecule has 4 heteroatoms. The Balaban J connectivity index is 2.14. The zero-order valence-electron chi connectivity index (χ0n) is 19.3. The van der Waals surface area contributed by atoms with E-state index >= 15 is 0 Å². The van der Waals surface area contributed by atoms with Crippen LogP contribution in [0, 0.1) is 6.92 Å². The van der Waals surface area contributed by atoms with Gasteiger partial charge in [0.1, 0.15) is 6.04 Å². The molecular weight excluding hydrogens is 372 g/mol. The zero-order chi connectivity index (χ0) is 22.3. The molecule has 0 fully saturated rings. The third kappa shape index (κ3) is 6.45. The number of rotatable bonds is 8. The van der Waals surface area contributed by atoms with Crippen LogP contribution in [-0.2, 0) is 28.0 Å². The average Bonchev–Trinajstić information content (AvgIpc) is 2.72. The summed E-state index contributed by atoms with van der Waals surface area (Å²) in [4.78, 5) is 27.3. The lowest BCUT2D eigenvalue weighted by atomic mass is 9.86. The van der Waals surface area contributed by atoms with E-state index in [1.165, 1.54) is 11.1 Å². The molecule has 2 rings (SSSR count). The van der Waals surface area contributed by atoms with Gasteiger partial charge in [-0.25, -0.2) is 0 Å². The molecule has 0 saturated carbocycles. The van der Waals surface area contributed by atoms with Gasteiger partial charge >= 0.3 is 0 Å². The summed E-state index contributed by atoms with van der Waals surface area (Å²) in [6.07, 6.45) is 1.63. The van der Waals surface area contributed by atoms with Gasteiger partial charge < -0.3 is 10.2 Å². The Morgan fingerprint density at radius 2 is 1.53 bits per heavy atom. The van der Waals surface area contributed by atoms with Crippen LogP contribution in [0.2, 0.25) is 0 Å². The van der Waals surface area contributed by atoms with E-state index < -0.39 is 6.04 Å². The van der Waals surface area contributed by atoms with Gasteiger partial charge in [0, 0.05) is 20.0 Å². The van der Waals surface area contributed by atoms with Crippen molar-refractivity contribution in [2.24, 2.45) is 0 Å². The SMILES string of the molecule is CC[C@H](C(=O)NC)N(Cc1ccc(C)cc1)C(=O)CCc1ccc(C(C)(C)C)cc1. The molecule has 0 aliphatic carbocycles.